The summed E-state index contributed by atoms with van der Waals surface area (Å²) in [6.45, 7) is 3.09. The van der Waals surface area contributed by atoms with Crippen LogP contribution in [0, 0.1) is 6.92 Å². The van der Waals surface area contributed by atoms with E-state index in [1.165, 1.54) is 9.88 Å². The quantitative estimate of drug-likeness (QED) is 0.899. The summed E-state index contributed by atoms with van der Waals surface area (Å²) in [5.41, 5.74) is 2.24. The van der Waals surface area contributed by atoms with Crippen molar-refractivity contribution in [2.45, 2.75) is 13.3 Å². The fraction of sp³-hybridized carbons (Fsp3) is 0.357. The number of rotatable bonds is 5. The van der Waals surface area contributed by atoms with Crippen LogP contribution < -0.4 is 10.1 Å². The molecule has 0 bridgehead atoms. The molecule has 0 atom stereocenters. The number of likely N-dealkylation sites (N-methyl/N-ethyl adjacent to an activating group) is 1. The fourth-order valence-electron chi connectivity index (χ4n) is 1.81. The Morgan fingerprint density at radius 1 is 1.28 bits per heavy atom. The molecule has 2 rings (SSSR count). The molecule has 0 saturated carbocycles. The third-order valence-corrected chi connectivity index (χ3v) is 3.82. The Balaban J connectivity index is 2.23. The highest BCUT2D eigenvalue weighted by molar-refractivity contribution is 7.12. The first-order chi connectivity index (χ1) is 8.74. The Hall–Kier alpha value is -1.39. The van der Waals surface area contributed by atoms with Gasteiger partial charge in [0.1, 0.15) is 5.75 Å². The predicted molar refractivity (Wildman–Crippen MR) is 76.5 cm³/mol. The molecule has 1 heterocycles. The van der Waals surface area contributed by atoms with E-state index in [2.05, 4.69) is 24.4 Å². The van der Waals surface area contributed by atoms with Crippen LogP contribution in [0.25, 0.3) is 11.3 Å². The monoisotopic (exact) mass is 262 g/mol. The van der Waals surface area contributed by atoms with Crippen molar-refractivity contribution in [2.75, 3.05) is 20.7 Å². The van der Waals surface area contributed by atoms with E-state index in [0.717, 1.165) is 30.0 Å². The van der Waals surface area contributed by atoms with Gasteiger partial charge >= 0.3 is 0 Å². The minimum Gasteiger partial charge on any atom is -0.497 e. The van der Waals surface area contributed by atoms with E-state index >= 15 is 0 Å². The average molecular weight is 262 g/mol. The molecule has 1 N–H and O–H groups in total. The normalized spacial score (nSPS) is 10.6. The van der Waals surface area contributed by atoms with Crippen LogP contribution in [-0.2, 0) is 6.42 Å². The van der Waals surface area contributed by atoms with Gasteiger partial charge in [0.15, 0.2) is 0 Å². The Morgan fingerprint density at radius 2 is 2.00 bits per heavy atom. The van der Waals surface area contributed by atoms with E-state index in [9.17, 15) is 0 Å². The lowest BCUT2D eigenvalue weighted by Gasteiger charge is -2.01. The maximum Gasteiger partial charge on any atom is 0.118 e. The van der Waals surface area contributed by atoms with Crippen molar-refractivity contribution in [1.29, 1.82) is 0 Å². The van der Waals surface area contributed by atoms with Gasteiger partial charge in [-0.25, -0.2) is 4.98 Å². The minimum atomic E-state index is 0.877. The number of ether oxygens (including phenoxy) is 1. The predicted octanol–water partition coefficient (Wildman–Crippen LogP) is 2.89. The maximum atomic E-state index is 5.17. The van der Waals surface area contributed by atoms with Crippen molar-refractivity contribution in [1.82, 2.24) is 10.3 Å². The van der Waals surface area contributed by atoms with E-state index in [1.54, 1.807) is 18.4 Å². The van der Waals surface area contributed by atoms with Crippen LogP contribution >= 0.6 is 11.3 Å². The summed E-state index contributed by atoms with van der Waals surface area (Å²) in [5, 5.41) is 4.34. The van der Waals surface area contributed by atoms with E-state index in [4.69, 9.17) is 9.72 Å². The Labute approximate surface area is 112 Å². The van der Waals surface area contributed by atoms with E-state index in [1.807, 2.05) is 19.2 Å². The number of hydrogen-bond donors (Lipinski definition) is 1. The van der Waals surface area contributed by atoms with Gasteiger partial charge in [-0.2, -0.15) is 0 Å². The van der Waals surface area contributed by atoms with Crippen molar-refractivity contribution in [3.8, 4) is 17.0 Å². The van der Waals surface area contributed by atoms with Crippen LogP contribution in [0.5, 0.6) is 5.75 Å². The molecule has 0 aliphatic heterocycles. The molecule has 0 amide bonds. The Kier molecular flexibility index (Phi) is 4.33. The molecule has 3 nitrogen and oxygen atoms in total. The van der Waals surface area contributed by atoms with Crippen LogP contribution in [0.15, 0.2) is 24.3 Å². The number of methoxy groups -OCH3 is 1. The number of nitrogens with one attached hydrogen (secondary N) is 1. The smallest absolute Gasteiger partial charge is 0.118 e. The number of nitrogens with zero attached hydrogens (tertiary/aromatic N) is 1. The molecule has 0 aliphatic carbocycles. The zero-order valence-electron chi connectivity index (χ0n) is 11.0. The molecule has 96 valence electrons. The Morgan fingerprint density at radius 3 is 2.61 bits per heavy atom. The molecule has 1 aromatic heterocycles. The van der Waals surface area contributed by atoms with Gasteiger partial charge < -0.3 is 10.1 Å². The second-order valence-electron chi connectivity index (χ2n) is 4.09. The second kappa shape index (κ2) is 5.98. The van der Waals surface area contributed by atoms with Gasteiger partial charge in [-0.1, -0.05) is 0 Å². The van der Waals surface area contributed by atoms with Crippen molar-refractivity contribution >= 4 is 11.3 Å². The molecule has 0 saturated heterocycles. The maximum absolute atomic E-state index is 5.17. The molecule has 0 spiro atoms. The molecule has 0 aliphatic rings. The van der Waals surface area contributed by atoms with Crippen molar-refractivity contribution in [3.05, 3.63) is 34.2 Å². The highest BCUT2D eigenvalue weighted by Gasteiger charge is 2.09. The summed E-state index contributed by atoms with van der Waals surface area (Å²) in [6.07, 6.45) is 0.984. The lowest BCUT2D eigenvalue weighted by Crippen LogP contribution is -2.09. The van der Waals surface area contributed by atoms with Gasteiger partial charge in [-0.3, -0.25) is 0 Å². The average Bonchev–Trinajstić information content (AvgIpc) is 2.78. The molecular formula is C14H18N2OS. The standard InChI is InChI=1S/C14H18N2OS/c1-10-14(16-13(18-10)8-9-15-2)11-4-6-12(17-3)7-5-11/h4-7,15H,8-9H2,1-3H3. The molecule has 2 aromatic rings. The molecule has 0 radical (unpaired) electrons. The van der Waals surface area contributed by atoms with Crippen LogP contribution in [0.3, 0.4) is 0 Å². The van der Waals surface area contributed by atoms with Gasteiger partial charge in [0, 0.05) is 23.4 Å². The zero-order valence-corrected chi connectivity index (χ0v) is 11.8. The third kappa shape index (κ3) is 2.89. The van der Waals surface area contributed by atoms with Crippen LogP contribution in [0.1, 0.15) is 9.88 Å². The highest BCUT2D eigenvalue weighted by atomic mass is 32.1. The lowest BCUT2D eigenvalue weighted by atomic mass is 10.1. The fourth-order valence-corrected chi connectivity index (χ4v) is 2.76. The summed E-state index contributed by atoms with van der Waals surface area (Å²) < 4.78 is 5.17. The Bertz CT molecular complexity index is 505. The number of benzene rings is 1. The number of aromatic nitrogens is 1. The number of hydrogen-bond acceptors (Lipinski definition) is 4. The molecule has 1 aromatic carbocycles. The molecule has 4 heteroatoms. The highest BCUT2D eigenvalue weighted by Crippen LogP contribution is 2.28. The van der Waals surface area contributed by atoms with Gasteiger partial charge in [0.25, 0.3) is 0 Å². The van der Waals surface area contributed by atoms with Crippen molar-refractivity contribution in [2.24, 2.45) is 0 Å². The van der Waals surface area contributed by atoms with E-state index in [0.29, 0.717) is 0 Å². The van der Waals surface area contributed by atoms with Crippen LogP contribution in [0.2, 0.25) is 0 Å². The summed E-state index contributed by atoms with van der Waals surface area (Å²) in [7, 11) is 3.64. The minimum absolute atomic E-state index is 0.877. The summed E-state index contributed by atoms with van der Waals surface area (Å²) in [5.74, 6) is 0.877. The van der Waals surface area contributed by atoms with Crippen LogP contribution in [-0.4, -0.2) is 25.7 Å². The van der Waals surface area contributed by atoms with Gasteiger partial charge in [0.05, 0.1) is 17.8 Å². The summed E-state index contributed by atoms with van der Waals surface area (Å²) >= 11 is 1.78. The van der Waals surface area contributed by atoms with E-state index in [-0.39, 0.29) is 0 Å². The lowest BCUT2D eigenvalue weighted by molar-refractivity contribution is 0.415. The molecule has 18 heavy (non-hydrogen) atoms. The molecular weight excluding hydrogens is 244 g/mol. The van der Waals surface area contributed by atoms with Crippen molar-refractivity contribution < 1.29 is 4.74 Å². The molecule has 0 unspecified atom stereocenters. The largest absolute Gasteiger partial charge is 0.497 e. The topological polar surface area (TPSA) is 34.2 Å². The molecule has 0 fully saturated rings. The van der Waals surface area contributed by atoms with Crippen molar-refractivity contribution in [3.63, 3.8) is 0 Å². The first-order valence-corrected chi connectivity index (χ1v) is 6.81. The number of thiazole rings is 1. The number of aryl methyl sites for hydroxylation is 1. The second-order valence-corrected chi connectivity index (χ2v) is 5.38. The van der Waals surface area contributed by atoms with Gasteiger partial charge in [-0.05, 0) is 38.2 Å². The van der Waals surface area contributed by atoms with E-state index < -0.39 is 0 Å². The van der Waals surface area contributed by atoms with Gasteiger partial charge in [-0.15, -0.1) is 11.3 Å². The first kappa shape index (κ1) is 13.1. The van der Waals surface area contributed by atoms with Gasteiger partial charge in [0.2, 0.25) is 0 Å². The SMILES string of the molecule is CNCCc1nc(-c2ccc(OC)cc2)c(C)s1. The summed E-state index contributed by atoms with van der Waals surface area (Å²) in [6, 6.07) is 8.06. The van der Waals surface area contributed by atoms with Crippen LogP contribution in [0.4, 0.5) is 0 Å². The third-order valence-electron chi connectivity index (χ3n) is 2.79. The summed E-state index contributed by atoms with van der Waals surface area (Å²) in [4.78, 5) is 5.98. The first-order valence-electron chi connectivity index (χ1n) is 6.00. The zero-order chi connectivity index (χ0) is 13.0.